The first kappa shape index (κ1) is 17.3. The Morgan fingerprint density at radius 2 is 2.00 bits per heavy atom. The Bertz CT molecular complexity index is 641. The van der Waals surface area contributed by atoms with Gasteiger partial charge in [-0.25, -0.2) is 4.79 Å². The molecule has 0 aliphatic rings. The molecular formula is C16H21N3O3S. The van der Waals surface area contributed by atoms with E-state index in [1.165, 1.54) is 12.1 Å². The smallest absolute Gasteiger partial charge is 0.335 e. The zero-order chi connectivity index (χ0) is 16.7. The number of aromatic carboxylic acids is 1. The van der Waals surface area contributed by atoms with Crippen molar-refractivity contribution in [3.05, 3.63) is 35.7 Å². The van der Waals surface area contributed by atoms with Crippen LogP contribution in [0, 0.1) is 0 Å². The Balaban J connectivity index is 1.82. The lowest BCUT2D eigenvalue weighted by Crippen LogP contribution is -2.05. The number of ether oxygens (including phenoxy) is 1. The summed E-state index contributed by atoms with van der Waals surface area (Å²) in [7, 11) is 0. The Kier molecular flexibility index (Phi) is 6.46. The quantitative estimate of drug-likeness (QED) is 0.560. The zero-order valence-electron chi connectivity index (χ0n) is 13.4. The Labute approximate surface area is 139 Å². The van der Waals surface area contributed by atoms with Gasteiger partial charge in [0.15, 0.2) is 5.16 Å². The lowest BCUT2D eigenvalue weighted by molar-refractivity contribution is 0.0697. The summed E-state index contributed by atoms with van der Waals surface area (Å²) in [5.74, 6) is 1.51. The molecule has 23 heavy (non-hydrogen) atoms. The average molecular weight is 335 g/mol. The van der Waals surface area contributed by atoms with Crippen LogP contribution in [0.5, 0.6) is 5.75 Å². The van der Waals surface area contributed by atoms with Gasteiger partial charge in [-0.3, -0.25) is 0 Å². The van der Waals surface area contributed by atoms with E-state index in [4.69, 9.17) is 9.84 Å². The number of carboxylic acid groups (broad SMARTS) is 1. The molecule has 6 nitrogen and oxygen atoms in total. The number of rotatable bonds is 9. The molecule has 1 aromatic carbocycles. The largest absolute Gasteiger partial charge is 0.493 e. The maximum absolute atomic E-state index is 10.8. The number of nitrogens with zero attached hydrogens (tertiary/aromatic N) is 3. The molecule has 2 rings (SSSR count). The third-order valence-electron chi connectivity index (χ3n) is 3.27. The fourth-order valence-corrected chi connectivity index (χ4v) is 2.98. The van der Waals surface area contributed by atoms with Gasteiger partial charge in [0.05, 0.1) is 12.2 Å². The van der Waals surface area contributed by atoms with E-state index in [0.29, 0.717) is 12.4 Å². The molecule has 0 bridgehead atoms. The van der Waals surface area contributed by atoms with E-state index in [1.54, 1.807) is 23.9 Å². The molecule has 1 N–H and O–H groups in total. The first-order chi connectivity index (χ1) is 11.2. The molecule has 0 saturated carbocycles. The van der Waals surface area contributed by atoms with Crippen molar-refractivity contribution < 1.29 is 14.6 Å². The number of hydrogen-bond donors (Lipinski definition) is 1. The third kappa shape index (κ3) is 4.72. The van der Waals surface area contributed by atoms with Gasteiger partial charge < -0.3 is 14.4 Å². The van der Waals surface area contributed by atoms with Crippen LogP contribution in [0.1, 0.15) is 36.5 Å². The molecule has 0 radical (unpaired) electrons. The fraction of sp³-hybridized carbons (Fsp3) is 0.438. The highest BCUT2D eigenvalue weighted by atomic mass is 32.2. The topological polar surface area (TPSA) is 77.2 Å². The molecule has 0 aliphatic carbocycles. The maximum Gasteiger partial charge on any atom is 0.335 e. The van der Waals surface area contributed by atoms with Gasteiger partial charge in [0.1, 0.15) is 11.6 Å². The molecule has 0 unspecified atom stereocenters. The Morgan fingerprint density at radius 1 is 1.26 bits per heavy atom. The van der Waals surface area contributed by atoms with Gasteiger partial charge in [-0.15, -0.1) is 10.2 Å². The molecule has 0 spiro atoms. The third-order valence-corrected chi connectivity index (χ3v) is 4.20. The number of aromatic nitrogens is 3. The highest BCUT2D eigenvalue weighted by Gasteiger charge is 2.10. The summed E-state index contributed by atoms with van der Waals surface area (Å²) in [6, 6.07) is 6.41. The monoisotopic (exact) mass is 335 g/mol. The summed E-state index contributed by atoms with van der Waals surface area (Å²) in [5.41, 5.74) is 0.256. The number of carbonyl (C=O) groups is 1. The molecule has 124 valence electrons. The van der Waals surface area contributed by atoms with Crippen molar-refractivity contribution in [2.24, 2.45) is 0 Å². The van der Waals surface area contributed by atoms with Crippen LogP contribution in [-0.4, -0.2) is 38.2 Å². The van der Waals surface area contributed by atoms with Crippen LogP contribution in [0.15, 0.2) is 29.4 Å². The van der Waals surface area contributed by atoms with E-state index in [-0.39, 0.29) is 5.56 Å². The summed E-state index contributed by atoms with van der Waals surface area (Å²) in [6.07, 6.45) is 1.99. The summed E-state index contributed by atoms with van der Waals surface area (Å²) >= 11 is 1.62. The van der Waals surface area contributed by atoms with Gasteiger partial charge in [0.25, 0.3) is 0 Å². The predicted molar refractivity (Wildman–Crippen MR) is 89.3 cm³/mol. The summed E-state index contributed by atoms with van der Waals surface area (Å²) in [4.78, 5) is 10.8. The van der Waals surface area contributed by atoms with E-state index in [2.05, 4.69) is 28.6 Å². The van der Waals surface area contributed by atoms with Crippen molar-refractivity contribution in [3.63, 3.8) is 0 Å². The zero-order valence-corrected chi connectivity index (χ0v) is 14.2. The van der Waals surface area contributed by atoms with Crippen LogP contribution in [0.3, 0.4) is 0 Å². The molecule has 0 fully saturated rings. The second kappa shape index (κ2) is 8.57. The number of thioether (sulfide) groups is 1. The number of hydrogen-bond acceptors (Lipinski definition) is 5. The molecule has 7 heteroatoms. The van der Waals surface area contributed by atoms with Crippen LogP contribution < -0.4 is 4.74 Å². The van der Waals surface area contributed by atoms with Crippen LogP contribution in [0.25, 0.3) is 0 Å². The van der Waals surface area contributed by atoms with E-state index < -0.39 is 5.97 Å². The lowest BCUT2D eigenvalue weighted by atomic mass is 10.2. The van der Waals surface area contributed by atoms with Crippen LogP contribution >= 0.6 is 11.8 Å². The summed E-state index contributed by atoms with van der Waals surface area (Å²) in [6.45, 7) is 5.61. The van der Waals surface area contributed by atoms with Crippen molar-refractivity contribution in [1.29, 1.82) is 0 Å². The average Bonchev–Trinajstić information content (AvgIpc) is 2.94. The van der Waals surface area contributed by atoms with Gasteiger partial charge in [0, 0.05) is 18.7 Å². The number of carboxylic acids is 1. The molecule has 1 aromatic heterocycles. The van der Waals surface area contributed by atoms with Gasteiger partial charge in [-0.1, -0.05) is 18.7 Å². The van der Waals surface area contributed by atoms with Gasteiger partial charge in [-0.2, -0.15) is 0 Å². The van der Waals surface area contributed by atoms with Crippen molar-refractivity contribution in [3.8, 4) is 5.75 Å². The summed E-state index contributed by atoms with van der Waals surface area (Å²) < 4.78 is 7.75. The minimum absolute atomic E-state index is 0.256. The molecule has 0 saturated heterocycles. The van der Waals surface area contributed by atoms with Crippen molar-refractivity contribution in [2.45, 2.75) is 38.4 Å². The molecule has 0 aliphatic heterocycles. The summed E-state index contributed by atoms with van der Waals surface area (Å²) in [5, 5.41) is 18.2. The first-order valence-electron chi connectivity index (χ1n) is 7.66. The standard InChI is InChI=1S/C16H21N3O3S/c1-3-5-14-17-18-16(19(14)4-2)23-11-10-22-13-8-6-12(7-9-13)15(20)21/h6-9H,3-5,10-11H2,1-2H3,(H,20,21). The second-order valence-electron chi connectivity index (χ2n) is 4.92. The van der Waals surface area contributed by atoms with E-state index in [1.807, 2.05) is 0 Å². The normalized spacial score (nSPS) is 10.7. The Hall–Kier alpha value is -2.02. The lowest BCUT2D eigenvalue weighted by Gasteiger charge is -2.08. The van der Waals surface area contributed by atoms with Crippen molar-refractivity contribution in [1.82, 2.24) is 14.8 Å². The van der Waals surface area contributed by atoms with Crippen molar-refractivity contribution in [2.75, 3.05) is 12.4 Å². The minimum atomic E-state index is -0.936. The van der Waals surface area contributed by atoms with E-state index >= 15 is 0 Å². The maximum atomic E-state index is 10.8. The number of aryl methyl sites for hydroxylation is 1. The van der Waals surface area contributed by atoms with Crippen LogP contribution in [-0.2, 0) is 13.0 Å². The van der Waals surface area contributed by atoms with Gasteiger partial charge in [-0.05, 0) is 37.6 Å². The van der Waals surface area contributed by atoms with Crippen LogP contribution in [0.2, 0.25) is 0 Å². The Morgan fingerprint density at radius 3 is 2.61 bits per heavy atom. The highest BCUT2D eigenvalue weighted by Crippen LogP contribution is 2.18. The molecule has 0 amide bonds. The first-order valence-corrected chi connectivity index (χ1v) is 8.65. The van der Waals surface area contributed by atoms with Crippen LogP contribution in [0.4, 0.5) is 0 Å². The fourth-order valence-electron chi connectivity index (χ4n) is 2.14. The van der Waals surface area contributed by atoms with Crippen molar-refractivity contribution >= 4 is 17.7 Å². The number of benzene rings is 1. The van der Waals surface area contributed by atoms with E-state index in [0.717, 1.165) is 36.1 Å². The molecule has 0 atom stereocenters. The molecular weight excluding hydrogens is 314 g/mol. The second-order valence-corrected chi connectivity index (χ2v) is 5.98. The van der Waals surface area contributed by atoms with Gasteiger partial charge >= 0.3 is 5.97 Å². The predicted octanol–water partition coefficient (Wildman–Crippen LogP) is 3.12. The highest BCUT2D eigenvalue weighted by molar-refractivity contribution is 7.99. The minimum Gasteiger partial charge on any atom is -0.493 e. The SMILES string of the molecule is CCCc1nnc(SCCOc2ccc(C(=O)O)cc2)n1CC. The molecule has 2 aromatic rings. The van der Waals surface area contributed by atoms with Gasteiger partial charge in [0.2, 0.25) is 0 Å². The molecule has 1 heterocycles. The van der Waals surface area contributed by atoms with E-state index in [9.17, 15) is 4.79 Å².